The van der Waals surface area contributed by atoms with Crippen LogP contribution in [0.15, 0.2) is 24.3 Å². The Morgan fingerprint density at radius 2 is 1.61 bits per heavy atom. The molecule has 0 aliphatic rings. The Bertz CT molecular complexity index is 392. The molecule has 0 N–H and O–H groups in total. The summed E-state index contributed by atoms with van der Waals surface area (Å²) in [6.45, 7) is 13.0. The summed E-state index contributed by atoms with van der Waals surface area (Å²) in [6.07, 6.45) is 0. The van der Waals surface area contributed by atoms with Crippen LogP contribution >= 0.6 is 0 Å². The second-order valence-corrected chi connectivity index (χ2v) is 12.1. The van der Waals surface area contributed by atoms with Gasteiger partial charge >= 0.3 is 17.1 Å². The van der Waals surface area contributed by atoms with Gasteiger partial charge in [-0.15, -0.1) is 0 Å². The maximum Gasteiger partial charge on any atom is 0.383 e. The molecule has 0 saturated heterocycles. The normalized spacial score (nSPS) is 12.6. The molecule has 18 heavy (non-hydrogen) atoms. The van der Waals surface area contributed by atoms with Gasteiger partial charge in [0.05, 0.1) is 0 Å². The summed E-state index contributed by atoms with van der Waals surface area (Å²) >= 11 is 0. The highest BCUT2D eigenvalue weighted by molar-refractivity contribution is 6.79. The molecule has 0 fully saturated rings. The first kappa shape index (κ1) is 15.4. The van der Waals surface area contributed by atoms with Crippen LogP contribution in [0.25, 0.3) is 0 Å². The van der Waals surface area contributed by atoms with Crippen LogP contribution < -0.4 is 4.43 Å². The molecule has 0 bridgehead atoms. The Labute approximate surface area is 113 Å². The number of aryl methyl sites for hydroxylation is 1. The first-order valence-corrected chi connectivity index (χ1v) is 12.0. The van der Waals surface area contributed by atoms with Crippen LogP contribution in [0.3, 0.4) is 0 Å². The number of hydrogen-bond acceptors (Lipinski definition) is 3. The van der Waals surface area contributed by atoms with E-state index in [1.54, 1.807) is 0 Å². The van der Waals surface area contributed by atoms with Gasteiger partial charge in [-0.05, 0) is 51.7 Å². The highest BCUT2D eigenvalue weighted by Gasteiger charge is 2.37. The molecule has 1 aromatic carbocycles. The summed E-state index contributed by atoms with van der Waals surface area (Å²) in [4.78, 5) is 0. The van der Waals surface area contributed by atoms with E-state index in [-0.39, 0.29) is 0 Å². The molecule has 0 heterocycles. The van der Waals surface area contributed by atoms with Crippen molar-refractivity contribution in [1.82, 2.24) is 0 Å². The zero-order valence-electron chi connectivity index (χ0n) is 12.2. The lowest BCUT2D eigenvalue weighted by Crippen LogP contribution is -2.50. The standard InChI is InChI=1S/C13H24O3Si2/c1-7-14-17(3,4)16-18(5,6)15-13-11-9-8-10-12(13)2/h8-11H,7H2,1-6H3. The van der Waals surface area contributed by atoms with E-state index in [1.807, 2.05) is 38.1 Å². The highest BCUT2D eigenvalue weighted by atomic mass is 28.5. The van der Waals surface area contributed by atoms with Crippen LogP contribution in [0.5, 0.6) is 5.75 Å². The predicted octanol–water partition coefficient (Wildman–Crippen LogP) is 3.83. The summed E-state index contributed by atoms with van der Waals surface area (Å²) in [5.74, 6) is 0.912. The average molecular weight is 285 g/mol. The first-order chi connectivity index (χ1) is 8.26. The molecule has 1 rings (SSSR count). The molecule has 0 spiro atoms. The molecule has 0 aliphatic heterocycles. The number of hydrogen-bond donors (Lipinski definition) is 0. The van der Waals surface area contributed by atoms with Crippen LogP contribution in [0.4, 0.5) is 0 Å². The molecule has 0 atom stereocenters. The monoisotopic (exact) mass is 284 g/mol. The van der Waals surface area contributed by atoms with Crippen LogP contribution in [-0.4, -0.2) is 23.7 Å². The number of rotatable bonds is 6. The molecule has 0 unspecified atom stereocenters. The molecule has 0 aromatic heterocycles. The fraction of sp³-hybridized carbons (Fsp3) is 0.538. The van der Waals surface area contributed by atoms with Crippen molar-refractivity contribution in [2.24, 2.45) is 0 Å². The summed E-state index contributed by atoms with van der Waals surface area (Å²) in [7, 11) is -4.28. The lowest BCUT2D eigenvalue weighted by Gasteiger charge is -2.33. The molecule has 0 amide bonds. The number of benzene rings is 1. The van der Waals surface area contributed by atoms with Gasteiger partial charge in [0.25, 0.3) is 0 Å². The van der Waals surface area contributed by atoms with Gasteiger partial charge in [0.15, 0.2) is 0 Å². The first-order valence-electron chi connectivity index (χ1n) is 6.34. The second-order valence-electron chi connectivity index (χ2n) is 5.20. The van der Waals surface area contributed by atoms with E-state index >= 15 is 0 Å². The quantitative estimate of drug-likeness (QED) is 0.743. The van der Waals surface area contributed by atoms with Crippen molar-refractivity contribution in [1.29, 1.82) is 0 Å². The molecular formula is C13H24O3Si2. The minimum atomic E-state index is -2.21. The molecule has 3 nitrogen and oxygen atoms in total. The molecule has 0 aliphatic carbocycles. The van der Waals surface area contributed by atoms with Crippen molar-refractivity contribution in [3.05, 3.63) is 29.8 Å². The van der Waals surface area contributed by atoms with Crippen LogP contribution in [0.2, 0.25) is 26.2 Å². The Morgan fingerprint density at radius 1 is 1.00 bits per heavy atom. The summed E-state index contributed by atoms with van der Waals surface area (Å²) in [5.41, 5.74) is 1.14. The molecule has 5 heteroatoms. The maximum absolute atomic E-state index is 6.16. The van der Waals surface area contributed by atoms with Gasteiger partial charge in [-0.1, -0.05) is 18.2 Å². The lowest BCUT2D eigenvalue weighted by molar-refractivity contribution is 0.243. The van der Waals surface area contributed by atoms with Crippen molar-refractivity contribution >= 4 is 17.1 Å². The van der Waals surface area contributed by atoms with Crippen molar-refractivity contribution in [2.45, 2.75) is 40.0 Å². The fourth-order valence-electron chi connectivity index (χ4n) is 1.93. The maximum atomic E-state index is 6.16. The summed E-state index contributed by atoms with van der Waals surface area (Å²) in [6, 6.07) is 8.03. The third kappa shape index (κ3) is 4.93. The van der Waals surface area contributed by atoms with E-state index in [2.05, 4.69) is 26.2 Å². The number of para-hydroxylation sites is 1. The summed E-state index contributed by atoms with van der Waals surface area (Å²) < 4.78 is 17.9. The van der Waals surface area contributed by atoms with Crippen LogP contribution in [-0.2, 0) is 8.54 Å². The predicted molar refractivity (Wildman–Crippen MR) is 79.5 cm³/mol. The van der Waals surface area contributed by atoms with E-state index in [1.165, 1.54) is 0 Å². The van der Waals surface area contributed by atoms with E-state index in [9.17, 15) is 0 Å². The van der Waals surface area contributed by atoms with Gasteiger partial charge < -0.3 is 13.0 Å². The minimum absolute atomic E-state index is 0.689. The van der Waals surface area contributed by atoms with Crippen LogP contribution in [0, 0.1) is 6.92 Å². The lowest BCUT2D eigenvalue weighted by atomic mass is 10.2. The van der Waals surface area contributed by atoms with Gasteiger partial charge in [0.1, 0.15) is 5.75 Å². The van der Waals surface area contributed by atoms with Gasteiger partial charge in [0.2, 0.25) is 0 Å². The van der Waals surface area contributed by atoms with Crippen molar-refractivity contribution < 1.29 is 13.0 Å². The third-order valence-corrected chi connectivity index (χ3v) is 8.06. The van der Waals surface area contributed by atoms with Crippen molar-refractivity contribution in [2.75, 3.05) is 6.61 Å². The van der Waals surface area contributed by atoms with Crippen molar-refractivity contribution in [3.63, 3.8) is 0 Å². The van der Waals surface area contributed by atoms with E-state index in [4.69, 9.17) is 13.0 Å². The third-order valence-electron chi connectivity index (χ3n) is 2.43. The van der Waals surface area contributed by atoms with Gasteiger partial charge in [-0.2, -0.15) is 0 Å². The van der Waals surface area contributed by atoms with Gasteiger partial charge in [-0.25, -0.2) is 0 Å². The Morgan fingerprint density at radius 3 is 2.17 bits per heavy atom. The molecular weight excluding hydrogens is 260 g/mol. The largest absolute Gasteiger partial charge is 0.521 e. The SMILES string of the molecule is CCO[Si](C)(C)O[Si](C)(C)Oc1ccccc1C. The molecule has 0 saturated carbocycles. The molecule has 1 aromatic rings. The second kappa shape index (κ2) is 6.01. The van der Waals surface area contributed by atoms with Crippen LogP contribution in [0.1, 0.15) is 12.5 Å². The molecule has 102 valence electrons. The Kier molecular flexibility index (Phi) is 5.15. The highest BCUT2D eigenvalue weighted by Crippen LogP contribution is 2.23. The average Bonchev–Trinajstić information content (AvgIpc) is 2.19. The smallest absolute Gasteiger partial charge is 0.383 e. The van der Waals surface area contributed by atoms with E-state index < -0.39 is 17.1 Å². The van der Waals surface area contributed by atoms with E-state index in [0.717, 1.165) is 11.3 Å². The zero-order chi connectivity index (χ0) is 13.8. The van der Waals surface area contributed by atoms with Gasteiger partial charge in [-0.3, -0.25) is 0 Å². The summed E-state index contributed by atoms with van der Waals surface area (Å²) in [5, 5.41) is 0. The van der Waals surface area contributed by atoms with E-state index in [0.29, 0.717) is 6.61 Å². The minimum Gasteiger partial charge on any atom is -0.521 e. The fourth-order valence-corrected chi connectivity index (χ4v) is 8.52. The van der Waals surface area contributed by atoms with Gasteiger partial charge in [0, 0.05) is 6.61 Å². The topological polar surface area (TPSA) is 27.7 Å². The molecule has 0 radical (unpaired) electrons. The zero-order valence-corrected chi connectivity index (χ0v) is 14.2. The Balaban J connectivity index is 2.73. The van der Waals surface area contributed by atoms with Crippen molar-refractivity contribution in [3.8, 4) is 5.75 Å². The Hall–Kier alpha value is -0.626.